The van der Waals surface area contributed by atoms with Gasteiger partial charge in [0, 0.05) is 32.7 Å². The zero-order chi connectivity index (χ0) is 49.3. The minimum Gasteiger partial charge on any atom is -0.307 e. The number of hydrogen-bond donors (Lipinski definition) is 0. The van der Waals surface area contributed by atoms with Crippen LogP contribution in [-0.4, -0.2) is 9.13 Å². The van der Waals surface area contributed by atoms with Crippen LogP contribution >= 0.6 is 0 Å². The normalized spacial score (nSPS) is 12.0. The fraction of sp³-hybridized carbons (Fsp3) is 0.0317. The summed E-state index contributed by atoms with van der Waals surface area (Å²) in [5.41, 5.74) is 5.89. The van der Waals surface area contributed by atoms with E-state index in [1.807, 2.05) is 179 Å². The van der Waals surface area contributed by atoms with Crippen LogP contribution in [0.2, 0.25) is 0 Å². The van der Waals surface area contributed by atoms with Gasteiger partial charge in [-0.25, -0.2) is 0 Å². The van der Waals surface area contributed by atoms with E-state index in [9.17, 15) is 5.26 Å². The summed E-state index contributed by atoms with van der Waals surface area (Å²) < 4.78 is 95.0. The first-order valence-electron chi connectivity index (χ1n) is 23.2. The molecule has 0 aliphatic carbocycles. The van der Waals surface area contributed by atoms with Crippen molar-refractivity contribution in [1.29, 1.82) is 5.26 Å². The van der Waals surface area contributed by atoms with Gasteiger partial charge >= 0.3 is 12.4 Å². The third kappa shape index (κ3) is 7.47. The number of hydrogen-bond acceptors (Lipinski definition) is 1. The Labute approximate surface area is 409 Å². The van der Waals surface area contributed by atoms with Gasteiger partial charge in [0.2, 0.25) is 0 Å². The number of benzene rings is 10. The van der Waals surface area contributed by atoms with E-state index < -0.39 is 34.6 Å². The van der Waals surface area contributed by atoms with E-state index in [4.69, 9.17) is 0 Å². The lowest BCUT2D eigenvalue weighted by molar-refractivity contribution is -0.142. The highest BCUT2D eigenvalue weighted by atomic mass is 19.4. The number of nitrogens with zero attached hydrogens (tertiary/aromatic N) is 3. The molecule has 0 fully saturated rings. The molecule has 72 heavy (non-hydrogen) atoms. The molecule has 3 nitrogen and oxygen atoms in total. The van der Waals surface area contributed by atoms with Crippen LogP contribution in [0.25, 0.3) is 111 Å². The van der Waals surface area contributed by atoms with Crippen LogP contribution in [0.3, 0.4) is 0 Å². The molecule has 0 saturated heterocycles. The van der Waals surface area contributed by atoms with E-state index in [-0.39, 0.29) is 11.3 Å². The molecule has 12 aromatic rings. The Morgan fingerprint density at radius 2 is 0.625 bits per heavy atom. The molecule has 0 unspecified atom stereocenters. The lowest BCUT2D eigenvalue weighted by Gasteiger charge is -2.23. The van der Waals surface area contributed by atoms with E-state index in [1.165, 1.54) is 12.1 Å². The summed E-state index contributed by atoms with van der Waals surface area (Å²) in [5.74, 6) is 0. The van der Waals surface area contributed by atoms with Crippen molar-refractivity contribution in [3.05, 3.63) is 241 Å². The predicted octanol–water partition coefficient (Wildman–Crippen LogP) is 18.1. The average Bonchev–Trinajstić information content (AvgIpc) is 3.91. The summed E-state index contributed by atoms with van der Waals surface area (Å²) >= 11 is 0. The van der Waals surface area contributed by atoms with Crippen LogP contribution in [0.5, 0.6) is 0 Å². The van der Waals surface area contributed by atoms with Crippen LogP contribution < -0.4 is 0 Å². The second-order valence-corrected chi connectivity index (χ2v) is 17.8. The van der Waals surface area contributed by atoms with Crippen molar-refractivity contribution < 1.29 is 26.3 Å². The zero-order valence-electron chi connectivity index (χ0n) is 38.0. The molecule has 0 radical (unpaired) electrons. The molecule has 2 aromatic heterocycles. The van der Waals surface area contributed by atoms with E-state index >= 15 is 26.3 Å². The molecule has 0 saturated carbocycles. The molecule has 12 rings (SSSR count). The molecule has 2 heterocycles. The van der Waals surface area contributed by atoms with Crippen molar-refractivity contribution in [1.82, 2.24) is 9.13 Å². The minimum atomic E-state index is -5.21. The Bertz CT molecular complexity index is 3880. The second kappa shape index (κ2) is 17.1. The third-order valence-corrected chi connectivity index (χ3v) is 13.6. The lowest BCUT2D eigenvalue weighted by atomic mass is 9.89. The van der Waals surface area contributed by atoms with Crippen molar-refractivity contribution >= 4 is 43.6 Å². The van der Waals surface area contributed by atoms with Crippen LogP contribution in [-0.2, 0) is 12.4 Å². The van der Waals surface area contributed by atoms with Gasteiger partial charge in [-0.1, -0.05) is 152 Å². The third-order valence-electron chi connectivity index (χ3n) is 13.6. The van der Waals surface area contributed by atoms with Gasteiger partial charge in [0.15, 0.2) is 0 Å². The van der Waals surface area contributed by atoms with E-state index in [1.54, 1.807) is 0 Å². The number of fused-ring (bicyclic) bond motifs is 6. The maximum atomic E-state index is 15.2. The SMILES string of the molecule is N#Cc1cc(-n2c3ccc(-c4ccccc4)cc3c3cc(-c4ccccc4)ccc32)c(-n2c3ccc(-c4ccccc4)cc3c3cc(-c4ccccc4)ccc32)cc1-c1c(C(F)(F)F)cccc1C(F)(F)F. The Morgan fingerprint density at radius 1 is 0.319 bits per heavy atom. The van der Waals surface area contributed by atoms with Gasteiger partial charge in [-0.3, -0.25) is 0 Å². The molecule has 0 atom stereocenters. The van der Waals surface area contributed by atoms with E-state index in [0.29, 0.717) is 39.9 Å². The Kier molecular flexibility index (Phi) is 10.5. The van der Waals surface area contributed by atoms with Gasteiger partial charge in [-0.15, -0.1) is 0 Å². The van der Waals surface area contributed by atoms with Crippen molar-refractivity contribution in [3.63, 3.8) is 0 Å². The van der Waals surface area contributed by atoms with Crippen molar-refractivity contribution in [3.8, 4) is 73.1 Å². The first kappa shape index (κ1) is 44.1. The average molecular weight is 950 g/mol. The Balaban J connectivity index is 1.24. The van der Waals surface area contributed by atoms with Gasteiger partial charge in [-0.05, 0) is 117 Å². The van der Waals surface area contributed by atoms with Crippen LogP contribution in [0.4, 0.5) is 26.3 Å². The number of halogens is 6. The Morgan fingerprint density at radius 3 is 0.917 bits per heavy atom. The maximum absolute atomic E-state index is 15.2. The highest BCUT2D eigenvalue weighted by Crippen LogP contribution is 2.49. The van der Waals surface area contributed by atoms with Gasteiger partial charge in [0.05, 0.1) is 56.2 Å². The molecule has 0 aliphatic heterocycles. The van der Waals surface area contributed by atoms with Crippen molar-refractivity contribution in [2.75, 3.05) is 0 Å². The summed E-state index contributed by atoms with van der Waals surface area (Å²) in [6.45, 7) is 0. The monoisotopic (exact) mass is 949 g/mol. The number of aromatic nitrogens is 2. The fourth-order valence-electron chi connectivity index (χ4n) is 10.4. The largest absolute Gasteiger partial charge is 0.417 e. The number of alkyl halides is 6. The summed E-state index contributed by atoms with van der Waals surface area (Å²) in [6.07, 6.45) is -10.4. The molecule has 0 aliphatic rings. The highest BCUT2D eigenvalue weighted by molar-refractivity contribution is 6.14. The van der Waals surface area contributed by atoms with Crippen LogP contribution in [0, 0.1) is 11.3 Å². The van der Waals surface area contributed by atoms with E-state index in [2.05, 4.69) is 30.3 Å². The van der Waals surface area contributed by atoms with Crippen molar-refractivity contribution in [2.24, 2.45) is 0 Å². The predicted molar refractivity (Wildman–Crippen MR) is 277 cm³/mol. The van der Waals surface area contributed by atoms with Gasteiger partial charge < -0.3 is 9.13 Å². The molecule has 0 bridgehead atoms. The quantitative estimate of drug-likeness (QED) is 0.147. The van der Waals surface area contributed by atoms with Gasteiger partial charge in [-0.2, -0.15) is 31.6 Å². The second-order valence-electron chi connectivity index (χ2n) is 17.8. The first-order valence-corrected chi connectivity index (χ1v) is 23.2. The topological polar surface area (TPSA) is 33.6 Å². The number of rotatable bonds is 7. The van der Waals surface area contributed by atoms with Crippen LogP contribution in [0.15, 0.2) is 224 Å². The molecular formula is C63H37F6N3. The molecular weight excluding hydrogens is 913 g/mol. The molecule has 10 aromatic carbocycles. The Hall–Kier alpha value is -9.13. The van der Waals surface area contributed by atoms with Crippen LogP contribution in [0.1, 0.15) is 16.7 Å². The summed E-state index contributed by atoms with van der Waals surface area (Å²) in [5, 5.41) is 14.4. The lowest BCUT2D eigenvalue weighted by Crippen LogP contribution is -2.15. The minimum absolute atomic E-state index is 0.257. The van der Waals surface area contributed by atoms with Gasteiger partial charge in [0.25, 0.3) is 0 Å². The van der Waals surface area contributed by atoms with Crippen molar-refractivity contribution in [2.45, 2.75) is 12.4 Å². The number of nitriles is 1. The molecule has 0 spiro atoms. The molecule has 0 N–H and O–H groups in total. The summed E-state index contributed by atoms with van der Waals surface area (Å²) in [7, 11) is 0. The first-order chi connectivity index (χ1) is 34.9. The fourth-order valence-corrected chi connectivity index (χ4v) is 10.4. The van der Waals surface area contributed by atoms with E-state index in [0.717, 1.165) is 72.1 Å². The standard InChI is InChI=1S/C63H37F6N3/c64-62(65,66)53-22-13-23-54(63(67,68)69)61(53)48-37-60(72-57-30-26-45(41-18-9-3-10-19-41)34-51(57)52-35-46(27-31-58(52)72)42-20-11-4-12-21-42)59(36-47(48)38-70)71-55-28-24-43(39-14-5-1-6-15-39)32-49(55)50-33-44(25-29-56(50)71)40-16-7-2-8-17-40/h1-37H. The summed E-state index contributed by atoms with van der Waals surface area (Å²) in [6, 6.07) is 70.5. The highest BCUT2D eigenvalue weighted by Gasteiger charge is 2.42. The maximum Gasteiger partial charge on any atom is 0.417 e. The smallest absolute Gasteiger partial charge is 0.307 e. The summed E-state index contributed by atoms with van der Waals surface area (Å²) in [4.78, 5) is 0. The molecule has 9 heteroatoms. The molecule has 346 valence electrons. The molecule has 0 amide bonds. The zero-order valence-corrected chi connectivity index (χ0v) is 38.0. The van der Waals surface area contributed by atoms with Gasteiger partial charge in [0.1, 0.15) is 0 Å².